The van der Waals surface area contributed by atoms with Gasteiger partial charge in [-0.05, 0) is 44.4 Å². The van der Waals surface area contributed by atoms with E-state index in [4.69, 9.17) is 4.74 Å². The van der Waals surface area contributed by atoms with Crippen LogP contribution in [0.15, 0.2) is 24.3 Å². The van der Waals surface area contributed by atoms with Crippen molar-refractivity contribution in [2.75, 3.05) is 13.7 Å². The number of urea groups is 1. The molecule has 1 aromatic rings. The fraction of sp³-hybridized carbons (Fsp3) is 0.438. The third-order valence-corrected chi connectivity index (χ3v) is 3.80. The third kappa shape index (κ3) is 3.27. The van der Waals surface area contributed by atoms with Crippen LogP contribution in [0.1, 0.15) is 25.8 Å². The van der Waals surface area contributed by atoms with E-state index >= 15 is 0 Å². The number of Topliss-reactive ketones (excluding diaryl/α,β-unsaturated/α-hetero) is 1. The minimum Gasteiger partial charge on any atom is -0.497 e. The molecule has 0 unspecified atom stereocenters. The highest BCUT2D eigenvalue weighted by molar-refractivity contribution is 6.08. The summed E-state index contributed by atoms with van der Waals surface area (Å²) in [5.41, 5.74) is 0.0843. The van der Waals surface area contributed by atoms with Crippen LogP contribution in [-0.4, -0.2) is 41.8 Å². The molecule has 0 spiro atoms. The number of carbonyl (C=O) groups excluding carboxylic acids is 3. The number of methoxy groups -OCH3 is 1. The lowest BCUT2D eigenvalue weighted by atomic mass is 9.93. The minimum absolute atomic E-state index is 0.178. The summed E-state index contributed by atoms with van der Waals surface area (Å²) >= 11 is 0. The third-order valence-electron chi connectivity index (χ3n) is 3.80. The van der Waals surface area contributed by atoms with Gasteiger partial charge in [-0.25, -0.2) is 4.79 Å². The maximum atomic E-state index is 12.4. The van der Waals surface area contributed by atoms with Crippen molar-refractivity contribution in [1.82, 2.24) is 10.2 Å². The molecule has 6 nitrogen and oxygen atoms in total. The van der Waals surface area contributed by atoms with E-state index in [1.54, 1.807) is 14.0 Å². The van der Waals surface area contributed by atoms with Gasteiger partial charge in [-0.3, -0.25) is 14.5 Å². The normalized spacial score (nSPS) is 21.0. The maximum absolute atomic E-state index is 12.4. The molecular formula is C16H20N2O4. The highest BCUT2D eigenvalue weighted by atomic mass is 16.5. The first-order chi connectivity index (χ1) is 10.4. The molecule has 1 saturated heterocycles. The van der Waals surface area contributed by atoms with E-state index in [2.05, 4.69) is 5.32 Å². The van der Waals surface area contributed by atoms with Crippen LogP contribution < -0.4 is 10.1 Å². The van der Waals surface area contributed by atoms with Crippen molar-refractivity contribution in [3.63, 3.8) is 0 Å². The van der Waals surface area contributed by atoms with Gasteiger partial charge in [-0.1, -0.05) is 12.1 Å². The van der Waals surface area contributed by atoms with E-state index < -0.39 is 11.6 Å². The van der Waals surface area contributed by atoms with Crippen LogP contribution >= 0.6 is 0 Å². The number of hydrogen-bond donors (Lipinski definition) is 1. The van der Waals surface area contributed by atoms with E-state index in [1.165, 1.54) is 6.92 Å². The molecule has 118 valence electrons. The monoisotopic (exact) mass is 304 g/mol. The van der Waals surface area contributed by atoms with Gasteiger partial charge in [-0.2, -0.15) is 0 Å². The Morgan fingerprint density at radius 3 is 2.45 bits per heavy atom. The predicted molar refractivity (Wildman–Crippen MR) is 80.6 cm³/mol. The number of rotatable bonds is 6. The minimum atomic E-state index is -0.966. The summed E-state index contributed by atoms with van der Waals surface area (Å²) in [6, 6.07) is 7.06. The SMILES string of the molecule is COc1ccc(CC[C@@]2(C)NC(=O)N(CC(C)=O)C2=O)cc1. The predicted octanol–water partition coefficient (Wildman–Crippen LogP) is 1.53. The van der Waals surface area contributed by atoms with Crippen LogP contribution in [0.5, 0.6) is 5.75 Å². The molecule has 0 saturated carbocycles. The summed E-state index contributed by atoms with van der Waals surface area (Å²) in [5, 5.41) is 2.69. The first-order valence-corrected chi connectivity index (χ1v) is 7.12. The van der Waals surface area contributed by atoms with Crippen LogP contribution in [0.25, 0.3) is 0 Å². The van der Waals surface area contributed by atoms with Gasteiger partial charge in [0.1, 0.15) is 17.1 Å². The van der Waals surface area contributed by atoms with Crippen LogP contribution in [0.4, 0.5) is 4.79 Å². The number of ketones is 1. The zero-order valence-electron chi connectivity index (χ0n) is 13.0. The molecule has 0 bridgehead atoms. The van der Waals surface area contributed by atoms with Gasteiger partial charge in [0, 0.05) is 0 Å². The molecule has 3 amide bonds. The number of imide groups is 1. The van der Waals surface area contributed by atoms with Crippen LogP contribution in [0.3, 0.4) is 0 Å². The summed E-state index contributed by atoms with van der Waals surface area (Å²) in [5.74, 6) is 0.206. The van der Waals surface area contributed by atoms with Crippen LogP contribution in [0, 0.1) is 0 Å². The summed E-state index contributed by atoms with van der Waals surface area (Å²) in [6.45, 7) is 2.87. The molecule has 1 aromatic carbocycles. The van der Waals surface area contributed by atoms with E-state index in [9.17, 15) is 14.4 Å². The van der Waals surface area contributed by atoms with E-state index in [0.717, 1.165) is 16.2 Å². The topological polar surface area (TPSA) is 75.7 Å². The van der Waals surface area contributed by atoms with E-state index in [1.807, 2.05) is 24.3 Å². The van der Waals surface area contributed by atoms with Gasteiger partial charge in [0.25, 0.3) is 5.91 Å². The summed E-state index contributed by atoms with van der Waals surface area (Å²) < 4.78 is 5.10. The van der Waals surface area contributed by atoms with Gasteiger partial charge in [0.2, 0.25) is 0 Å². The fourth-order valence-corrected chi connectivity index (χ4v) is 2.47. The van der Waals surface area contributed by atoms with Gasteiger partial charge in [0.05, 0.1) is 13.7 Å². The number of aryl methyl sites for hydroxylation is 1. The summed E-state index contributed by atoms with van der Waals surface area (Å²) in [4.78, 5) is 36.4. The molecular weight excluding hydrogens is 284 g/mol. The average molecular weight is 304 g/mol. The molecule has 0 aliphatic carbocycles. The van der Waals surface area contributed by atoms with Crippen molar-refractivity contribution in [3.05, 3.63) is 29.8 Å². The van der Waals surface area contributed by atoms with Crippen molar-refractivity contribution in [1.29, 1.82) is 0 Å². The Balaban J connectivity index is 2.03. The molecule has 2 rings (SSSR count). The average Bonchev–Trinajstić information content (AvgIpc) is 2.69. The lowest BCUT2D eigenvalue weighted by molar-refractivity contribution is -0.133. The molecule has 1 N–H and O–H groups in total. The Hall–Kier alpha value is -2.37. The Labute approximate surface area is 129 Å². The summed E-state index contributed by atoms with van der Waals surface area (Å²) in [6.07, 6.45) is 1.11. The number of hydrogen-bond acceptors (Lipinski definition) is 4. The van der Waals surface area contributed by atoms with Crippen molar-refractivity contribution < 1.29 is 19.1 Å². The lowest BCUT2D eigenvalue weighted by Gasteiger charge is -2.21. The summed E-state index contributed by atoms with van der Waals surface area (Å²) in [7, 11) is 1.60. The van der Waals surface area contributed by atoms with Gasteiger partial charge >= 0.3 is 6.03 Å². The molecule has 1 atom stereocenters. The molecule has 6 heteroatoms. The Morgan fingerprint density at radius 2 is 1.91 bits per heavy atom. The first kappa shape index (κ1) is 16.0. The second-order valence-corrected chi connectivity index (χ2v) is 5.70. The Bertz CT molecular complexity index is 597. The fourth-order valence-electron chi connectivity index (χ4n) is 2.47. The molecule has 1 fully saturated rings. The number of nitrogens with one attached hydrogen (secondary N) is 1. The Morgan fingerprint density at radius 1 is 1.27 bits per heavy atom. The smallest absolute Gasteiger partial charge is 0.325 e. The number of nitrogens with zero attached hydrogens (tertiary/aromatic N) is 1. The van der Waals surface area contributed by atoms with Crippen LogP contribution in [0.2, 0.25) is 0 Å². The number of benzene rings is 1. The highest BCUT2D eigenvalue weighted by Gasteiger charge is 2.47. The zero-order valence-corrected chi connectivity index (χ0v) is 13.0. The zero-order chi connectivity index (χ0) is 16.3. The van der Waals surface area contributed by atoms with Crippen molar-refractivity contribution in [2.45, 2.75) is 32.2 Å². The lowest BCUT2D eigenvalue weighted by Crippen LogP contribution is -2.44. The second-order valence-electron chi connectivity index (χ2n) is 5.70. The largest absolute Gasteiger partial charge is 0.497 e. The number of ether oxygens (including phenoxy) is 1. The maximum Gasteiger partial charge on any atom is 0.325 e. The first-order valence-electron chi connectivity index (χ1n) is 7.12. The van der Waals surface area contributed by atoms with Crippen molar-refractivity contribution in [2.24, 2.45) is 0 Å². The van der Waals surface area contributed by atoms with Gasteiger partial charge < -0.3 is 10.1 Å². The molecule has 1 aliphatic heterocycles. The molecule has 1 heterocycles. The molecule has 1 aliphatic rings. The highest BCUT2D eigenvalue weighted by Crippen LogP contribution is 2.23. The van der Waals surface area contributed by atoms with Crippen LogP contribution in [-0.2, 0) is 16.0 Å². The van der Waals surface area contributed by atoms with Gasteiger partial charge in [0.15, 0.2) is 0 Å². The molecule has 0 radical (unpaired) electrons. The Kier molecular flexibility index (Phi) is 4.49. The second kappa shape index (κ2) is 6.17. The van der Waals surface area contributed by atoms with Gasteiger partial charge in [-0.15, -0.1) is 0 Å². The van der Waals surface area contributed by atoms with E-state index in [-0.39, 0.29) is 18.2 Å². The molecule has 22 heavy (non-hydrogen) atoms. The number of carbonyl (C=O) groups is 3. The van der Waals surface area contributed by atoms with Crippen molar-refractivity contribution in [3.8, 4) is 5.75 Å². The van der Waals surface area contributed by atoms with Crippen molar-refractivity contribution >= 4 is 17.7 Å². The van der Waals surface area contributed by atoms with E-state index in [0.29, 0.717) is 12.8 Å². The number of amides is 3. The quantitative estimate of drug-likeness (QED) is 0.809. The molecule has 0 aromatic heterocycles. The standard InChI is InChI=1S/C16H20N2O4/c1-11(19)10-18-14(20)16(2,17-15(18)21)9-8-12-4-6-13(22-3)7-5-12/h4-7H,8-10H2,1-3H3,(H,17,21)/t16-/m1/s1.